The Kier molecular flexibility index (Phi) is 6.34. The van der Waals surface area contributed by atoms with E-state index in [1.807, 2.05) is 31.2 Å². The van der Waals surface area contributed by atoms with Gasteiger partial charge in [-0.05, 0) is 19.4 Å². The van der Waals surface area contributed by atoms with E-state index in [9.17, 15) is 0 Å². The molecular formula is C11H18ClNO. The first-order chi connectivity index (χ1) is 6.25. The van der Waals surface area contributed by atoms with Crippen molar-refractivity contribution in [1.82, 2.24) is 0 Å². The SMILES string of the molecule is CCCOc1ccccc1C(C)N.Cl. The lowest BCUT2D eigenvalue weighted by molar-refractivity contribution is 0.312. The van der Waals surface area contributed by atoms with Gasteiger partial charge in [0.25, 0.3) is 0 Å². The molecule has 0 radical (unpaired) electrons. The Morgan fingerprint density at radius 1 is 1.36 bits per heavy atom. The third-order valence-corrected chi connectivity index (χ3v) is 1.87. The predicted molar refractivity (Wildman–Crippen MR) is 62.1 cm³/mol. The van der Waals surface area contributed by atoms with Crippen LogP contribution in [0.1, 0.15) is 31.9 Å². The summed E-state index contributed by atoms with van der Waals surface area (Å²) < 4.78 is 5.57. The third-order valence-electron chi connectivity index (χ3n) is 1.87. The summed E-state index contributed by atoms with van der Waals surface area (Å²) in [4.78, 5) is 0. The van der Waals surface area contributed by atoms with E-state index in [0.29, 0.717) is 0 Å². The van der Waals surface area contributed by atoms with Gasteiger partial charge in [0.2, 0.25) is 0 Å². The first-order valence-corrected chi connectivity index (χ1v) is 4.73. The van der Waals surface area contributed by atoms with Gasteiger partial charge >= 0.3 is 0 Å². The van der Waals surface area contributed by atoms with E-state index in [1.165, 1.54) is 0 Å². The molecule has 0 amide bonds. The van der Waals surface area contributed by atoms with Gasteiger partial charge in [-0.2, -0.15) is 0 Å². The van der Waals surface area contributed by atoms with Crippen molar-refractivity contribution in [2.75, 3.05) is 6.61 Å². The molecule has 3 heteroatoms. The molecule has 1 atom stereocenters. The molecule has 0 aliphatic carbocycles. The van der Waals surface area contributed by atoms with Crippen molar-refractivity contribution in [2.45, 2.75) is 26.3 Å². The van der Waals surface area contributed by atoms with Crippen LogP contribution >= 0.6 is 12.4 Å². The fourth-order valence-electron chi connectivity index (χ4n) is 1.20. The number of benzene rings is 1. The number of halogens is 1. The molecule has 0 fully saturated rings. The van der Waals surface area contributed by atoms with Crippen LogP contribution in [0.25, 0.3) is 0 Å². The smallest absolute Gasteiger partial charge is 0.124 e. The zero-order valence-corrected chi connectivity index (χ0v) is 9.51. The number of rotatable bonds is 4. The Morgan fingerprint density at radius 2 is 2.00 bits per heavy atom. The highest BCUT2D eigenvalue weighted by Crippen LogP contribution is 2.22. The van der Waals surface area contributed by atoms with Crippen molar-refractivity contribution in [3.63, 3.8) is 0 Å². The monoisotopic (exact) mass is 215 g/mol. The van der Waals surface area contributed by atoms with E-state index in [-0.39, 0.29) is 18.4 Å². The molecule has 80 valence electrons. The summed E-state index contributed by atoms with van der Waals surface area (Å²) in [5.41, 5.74) is 6.89. The topological polar surface area (TPSA) is 35.2 Å². The van der Waals surface area contributed by atoms with Crippen molar-refractivity contribution in [3.8, 4) is 5.75 Å². The second-order valence-corrected chi connectivity index (χ2v) is 3.17. The molecule has 0 aromatic heterocycles. The van der Waals surface area contributed by atoms with Crippen LogP contribution in [0.5, 0.6) is 5.75 Å². The van der Waals surface area contributed by atoms with Crippen LogP contribution < -0.4 is 10.5 Å². The average molecular weight is 216 g/mol. The summed E-state index contributed by atoms with van der Waals surface area (Å²) in [6, 6.07) is 7.96. The van der Waals surface area contributed by atoms with Gasteiger partial charge in [0.1, 0.15) is 5.75 Å². The number of ether oxygens (including phenoxy) is 1. The van der Waals surface area contributed by atoms with Crippen LogP contribution in [0, 0.1) is 0 Å². The Labute approximate surface area is 91.9 Å². The molecule has 0 aliphatic rings. The van der Waals surface area contributed by atoms with Gasteiger partial charge < -0.3 is 10.5 Å². The molecule has 0 saturated carbocycles. The molecule has 14 heavy (non-hydrogen) atoms. The van der Waals surface area contributed by atoms with Crippen molar-refractivity contribution >= 4 is 12.4 Å². The Balaban J connectivity index is 0.00000169. The van der Waals surface area contributed by atoms with Crippen LogP contribution in [-0.2, 0) is 0 Å². The summed E-state index contributed by atoms with van der Waals surface area (Å²) in [7, 11) is 0. The fraction of sp³-hybridized carbons (Fsp3) is 0.455. The summed E-state index contributed by atoms with van der Waals surface area (Å²) in [5, 5.41) is 0. The highest BCUT2D eigenvalue weighted by molar-refractivity contribution is 5.85. The number of hydrogen-bond acceptors (Lipinski definition) is 2. The molecule has 1 rings (SSSR count). The molecule has 0 heterocycles. The first kappa shape index (κ1) is 13.3. The van der Waals surface area contributed by atoms with Gasteiger partial charge in [-0.3, -0.25) is 0 Å². The predicted octanol–water partition coefficient (Wildman–Crippen LogP) is 2.92. The lowest BCUT2D eigenvalue weighted by Crippen LogP contribution is -2.08. The molecule has 2 nitrogen and oxygen atoms in total. The quantitative estimate of drug-likeness (QED) is 0.838. The zero-order valence-electron chi connectivity index (χ0n) is 8.69. The molecule has 1 unspecified atom stereocenters. The minimum absolute atomic E-state index is 0. The van der Waals surface area contributed by atoms with E-state index in [4.69, 9.17) is 10.5 Å². The van der Waals surface area contributed by atoms with Gasteiger partial charge in [0, 0.05) is 11.6 Å². The fourth-order valence-corrected chi connectivity index (χ4v) is 1.20. The lowest BCUT2D eigenvalue weighted by Gasteiger charge is -2.12. The molecule has 0 aliphatic heterocycles. The summed E-state index contributed by atoms with van der Waals surface area (Å²) in [5.74, 6) is 0.916. The maximum absolute atomic E-state index is 5.81. The second-order valence-electron chi connectivity index (χ2n) is 3.17. The largest absolute Gasteiger partial charge is 0.493 e. The molecular weight excluding hydrogens is 198 g/mol. The molecule has 2 N–H and O–H groups in total. The molecule has 0 saturated heterocycles. The van der Waals surface area contributed by atoms with Crippen LogP contribution in [0.2, 0.25) is 0 Å². The Hall–Kier alpha value is -0.730. The van der Waals surface area contributed by atoms with Gasteiger partial charge in [0.05, 0.1) is 6.61 Å². The molecule has 0 bridgehead atoms. The number of nitrogens with two attached hydrogens (primary N) is 1. The number of para-hydroxylation sites is 1. The molecule has 1 aromatic carbocycles. The maximum Gasteiger partial charge on any atom is 0.124 e. The van der Waals surface area contributed by atoms with Crippen LogP contribution in [-0.4, -0.2) is 6.61 Å². The van der Waals surface area contributed by atoms with E-state index in [0.717, 1.165) is 24.3 Å². The number of hydrogen-bond donors (Lipinski definition) is 1. The standard InChI is InChI=1S/C11H17NO.ClH/c1-3-8-13-11-7-5-4-6-10(11)9(2)12;/h4-7,9H,3,8,12H2,1-2H3;1H. The maximum atomic E-state index is 5.81. The van der Waals surface area contributed by atoms with Gasteiger partial charge in [-0.1, -0.05) is 25.1 Å². The first-order valence-electron chi connectivity index (χ1n) is 4.73. The van der Waals surface area contributed by atoms with E-state index < -0.39 is 0 Å². The van der Waals surface area contributed by atoms with Gasteiger partial charge in [-0.25, -0.2) is 0 Å². The van der Waals surface area contributed by atoms with E-state index >= 15 is 0 Å². The zero-order chi connectivity index (χ0) is 9.68. The summed E-state index contributed by atoms with van der Waals surface area (Å²) in [6.07, 6.45) is 1.02. The van der Waals surface area contributed by atoms with Crippen molar-refractivity contribution in [1.29, 1.82) is 0 Å². The molecule has 0 spiro atoms. The highest BCUT2D eigenvalue weighted by Gasteiger charge is 2.05. The highest BCUT2D eigenvalue weighted by atomic mass is 35.5. The van der Waals surface area contributed by atoms with Crippen LogP contribution in [0.3, 0.4) is 0 Å². The third kappa shape index (κ3) is 3.56. The van der Waals surface area contributed by atoms with Crippen molar-refractivity contribution in [2.24, 2.45) is 5.73 Å². The van der Waals surface area contributed by atoms with Gasteiger partial charge in [-0.15, -0.1) is 12.4 Å². The lowest BCUT2D eigenvalue weighted by atomic mass is 10.1. The van der Waals surface area contributed by atoms with Crippen molar-refractivity contribution in [3.05, 3.63) is 29.8 Å². The van der Waals surface area contributed by atoms with Crippen molar-refractivity contribution < 1.29 is 4.74 Å². The second kappa shape index (κ2) is 6.68. The minimum Gasteiger partial charge on any atom is -0.493 e. The molecule has 1 aromatic rings. The van der Waals surface area contributed by atoms with Gasteiger partial charge in [0.15, 0.2) is 0 Å². The van der Waals surface area contributed by atoms with E-state index in [2.05, 4.69) is 6.92 Å². The normalized spacial score (nSPS) is 11.6. The summed E-state index contributed by atoms with van der Waals surface area (Å²) >= 11 is 0. The summed E-state index contributed by atoms with van der Waals surface area (Å²) in [6.45, 7) is 4.81. The Morgan fingerprint density at radius 3 is 2.57 bits per heavy atom. The van der Waals surface area contributed by atoms with Crippen LogP contribution in [0.15, 0.2) is 24.3 Å². The van der Waals surface area contributed by atoms with E-state index in [1.54, 1.807) is 0 Å². The Bertz CT molecular complexity index is 263. The van der Waals surface area contributed by atoms with Crippen LogP contribution in [0.4, 0.5) is 0 Å². The average Bonchev–Trinajstić information content (AvgIpc) is 2.15. The minimum atomic E-state index is 0.